The van der Waals surface area contributed by atoms with E-state index in [0.29, 0.717) is 0 Å². The molecule has 1 N–H and O–H groups in total. The van der Waals surface area contributed by atoms with E-state index in [9.17, 15) is 70.2 Å². The summed E-state index contributed by atoms with van der Waals surface area (Å²) in [6.45, 7) is 11.7. The Morgan fingerprint density at radius 1 is 0.553 bits per heavy atom. The Hall–Kier alpha value is -2.72. The van der Waals surface area contributed by atoms with Gasteiger partial charge in [0, 0.05) is 5.56 Å². The van der Waals surface area contributed by atoms with E-state index in [1.54, 1.807) is 0 Å². The highest BCUT2D eigenvalue weighted by atomic mass is 19.4. The molecule has 0 bridgehead atoms. The summed E-state index contributed by atoms with van der Waals surface area (Å²) in [5.41, 5.74) is -14.2. The van der Waals surface area contributed by atoms with E-state index < -0.39 is 87.1 Å². The first-order valence-corrected chi connectivity index (χ1v) is 14.5. The normalized spacial score (nSPS) is 13.8. The molecule has 0 aliphatic heterocycles. The molecular formula is C30H33F16N. The zero-order valence-corrected chi connectivity index (χ0v) is 25.6. The first-order chi connectivity index (χ1) is 21.5. The number of benzene rings is 2. The van der Waals surface area contributed by atoms with E-state index in [4.69, 9.17) is 0 Å². The van der Waals surface area contributed by atoms with Crippen LogP contribution in [0.15, 0.2) is 0 Å². The molecule has 2 atom stereocenters. The Bertz CT molecular complexity index is 1300. The molecule has 0 aromatic heterocycles. The van der Waals surface area contributed by atoms with Crippen LogP contribution in [-0.2, 0) is 12.1 Å². The van der Waals surface area contributed by atoms with E-state index >= 15 is 0 Å². The number of nitrogens with one attached hydrogen (secondary N) is 1. The first kappa shape index (κ1) is 42.3. The van der Waals surface area contributed by atoms with Crippen molar-refractivity contribution in [1.29, 1.82) is 0 Å². The number of halogens is 16. The smallest absolute Gasteiger partial charge is 0.316 e. The Kier molecular flexibility index (Phi) is 15.4. The van der Waals surface area contributed by atoms with Crippen molar-refractivity contribution < 1.29 is 70.2 Å². The van der Waals surface area contributed by atoms with Crippen LogP contribution in [0.5, 0.6) is 0 Å². The van der Waals surface area contributed by atoms with Crippen molar-refractivity contribution >= 4 is 0 Å². The largest absolute Gasteiger partial charge is 0.458 e. The molecule has 0 radical (unpaired) electrons. The van der Waals surface area contributed by atoms with E-state index in [2.05, 4.69) is 33.0 Å². The van der Waals surface area contributed by atoms with Crippen molar-refractivity contribution in [3.8, 4) is 11.1 Å². The maximum absolute atomic E-state index is 13.9. The van der Waals surface area contributed by atoms with Gasteiger partial charge in [0.2, 0.25) is 5.82 Å². The van der Waals surface area contributed by atoms with Gasteiger partial charge in [-0.2, -0.15) is 35.1 Å². The van der Waals surface area contributed by atoms with Gasteiger partial charge in [0.1, 0.15) is 5.56 Å². The van der Waals surface area contributed by atoms with Crippen molar-refractivity contribution in [2.45, 2.75) is 90.9 Å². The monoisotopic (exact) mass is 711 g/mol. The molecule has 0 heterocycles. The molecule has 47 heavy (non-hydrogen) atoms. The Morgan fingerprint density at radius 2 is 1.02 bits per heavy atom. The summed E-state index contributed by atoms with van der Waals surface area (Å²) < 4.78 is 214. The summed E-state index contributed by atoms with van der Waals surface area (Å²) in [5, 5.41) is 3.56. The van der Waals surface area contributed by atoms with E-state index in [-0.39, 0.29) is 0 Å². The fourth-order valence-corrected chi connectivity index (χ4v) is 4.67. The third-order valence-electron chi connectivity index (χ3n) is 7.28. The molecule has 0 aliphatic carbocycles. The van der Waals surface area contributed by atoms with Gasteiger partial charge in [-0.1, -0.05) is 59.8 Å². The quantitative estimate of drug-likeness (QED) is 0.0944. The molecule has 0 amide bonds. The fraction of sp³-hybridized carbons (Fsp3) is 0.600. The molecular weight excluding hydrogens is 678 g/mol. The van der Waals surface area contributed by atoms with Crippen molar-refractivity contribution in [3.05, 3.63) is 57.7 Å². The summed E-state index contributed by atoms with van der Waals surface area (Å²) in [4.78, 5) is 0. The van der Waals surface area contributed by atoms with Gasteiger partial charge in [-0.05, 0) is 37.8 Å². The van der Waals surface area contributed by atoms with Crippen molar-refractivity contribution in [3.63, 3.8) is 0 Å². The molecule has 0 aliphatic rings. The Morgan fingerprint density at radius 3 is 1.45 bits per heavy atom. The SMILES string of the molecule is CCCCNCC(C)CCC(CC)CCC.Fc1c(F)c(F)c(-c2c(C(F)(F)F)c(F)c(F)c(F)c2C(F)(F)C(F)(F)F)c(F)c1F. The summed E-state index contributed by atoms with van der Waals surface area (Å²) >= 11 is 0. The molecule has 17 heteroatoms. The second-order valence-electron chi connectivity index (χ2n) is 10.9. The average Bonchev–Trinajstić information content (AvgIpc) is 2.97. The van der Waals surface area contributed by atoms with Crippen LogP contribution in [0.3, 0.4) is 0 Å². The number of alkyl halides is 8. The topological polar surface area (TPSA) is 12.0 Å². The molecule has 1 nitrogen and oxygen atoms in total. The molecule has 0 spiro atoms. The van der Waals surface area contributed by atoms with Gasteiger partial charge in [0.05, 0.1) is 11.1 Å². The van der Waals surface area contributed by atoms with Crippen molar-refractivity contribution in [2.24, 2.45) is 11.8 Å². The summed E-state index contributed by atoms with van der Waals surface area (Å²) in [5.74, 6) is -32.3. The van der Waals surface area contributed by atoms with E-state index in [1.165, 1.54) is 58.0 Å². The van der Waals surface area contributed by atoms with Crippen LogP contribution in [0.25, 0.3) is 11.1 Å². The van der Waals surface area contributed by atoms with Gasteiger partial charge in [-0.3, -0.25) is 0 Å². The number of rotatable bonds is 13. The van der Waals surface area contributed by atoms with Crippen LogP contribution < -0.4 is 5.32 Å². The molecule has 0 fully saturated rings. The minimum atomic E-state index is -7.10. The second-order valence-corrected chi connectivity index (χ2v) is 10.9. The molecule has 2 unspecified atom stereocenters. The summed E-state index contributed by atoms with van der Waals surface area (Å²) in [6.07, 6.45) is -4.10. The van der Waals surface area contributed by atoms with Gasteiger partial charge < -0.3 is 5.32 Å². The second kappa shape index (κ2) is 17.1. The zero-order valence-electron chi connectivity index (χ0n) is 25.6. The average molecular weight is 712 g/mol. The van der Waals surface area contributed by atoms with Crippen LogP contribution in [0.1, 0.15) is 83.8 Å². The molecule has 270 valence electrons. The van der Waals surface area contributed by atoms with Gasteiger partial charge in [-0.15, -0.1) is 0 Å². The highest BCUT2D eigenvalue weighted by Crippen LogP contribution is 2.53. The predicted octanol–water partition coefficient (Wildman–Crippen LogP) is 11.8. The summed E-state index contributed by atoms with van der Waals surface area (Å²) in [6, 6.07) is 0. The Balaban J connectivity index is 0.000000584. The number of unbranched alkanes of at least 4 members (excludes halogenated alkanes) is 1. The van der Waals surface area contributed by atoms with Gasteiger partial charge in [-0.25, -0.2) is 35.1 Å². The third kappa shape index (κ3) is 9.91. The maximum Gasteiger partial charge on any atom is 0.458 e. The van der Waals surface area contributed by atoms with Crippen molar-refractivity contribution in [2.75, 3.05) is 13.1 Å². The van der Waals surface area contributed by atoms with Crippen LogP contribution >= 0.6 is 0 Å². The lowest BCUT2D eigenvalue weighted by Gasteiger charge is -2.26. The first-order valence-electron chi connectivity index (χ1n) is 14.5. The number of hydrogen-bond donors (Lipinski definition) is 1. The molecule has 2 aromatic rings. The maximum atomic E-state index is 13.9. The lowest BCUT2D eigenvalue weighted by molar-refractivity contribution is -0.290. The summed E-state index contributed by atoms with van der Waals surface area (Å²) in [7, 11) is 0. The van der Waals surface area contributed by atoms with Gasteiger partial charge >= 0.3 is 18.3 Å². The molecule has 0 saturated heterocycles. The standard InChI is InChI=1S/C15F16.C15H33N/c16-5-2(6(17)10(21)12(23)9(5)20)1-3(13(24,25)15(29,30)31)7(18)11(22)8(19)4(1)14(26,27)28;1-5-8-12-16-13-14(4)10-11-15(7-3)9-6-2/h;14-16H,5-13H2,1-4H3. The van der Waals surface area contributed by atoms with Gasteiger partial charge in [0.15, 0.2) is 40.7 Å². The lowest BCUT2D eigenvalue weighted by Crippen LogP contribution is -2.36. The molecule has 0 saturated carbocycles. The van der Waals surface area contributed by atoms with Crippen LogP contribution in [0, 0.1) is 58.4 Å². The third-order valence-corrected chi connectivity index (χ3v) is 7.28. The lowest BCUT2D eigenvalue weighted by atomic mass is 9.88. The minimum absolute atomic E-state index is 0.850. The Labute approximate surface area is 260 Å². The molecule has 2 rings (SSSR count). The highest BCUT2D eigenvalue weighted by Gasteiger charge is 2.63. The fourth-order valence-electron chi connectivity index (χ4n) is 4.67. The van der Waals surface area contributed by atoms with Crippen LogP contribution in [0.2, 0.25) is 0 Å². The predicted molar refractivity (Wildman–Crippen MR) is 141 cm³/mol. The minimum Gasteiger partial charge on any atom is -0.316 e. The van der Waals surface area contributed by atoms with Crippen LogP contribution in [0.4, 0.5) is 70.2 Å². The van der Waals surface area contributed by atoms with E-state index in [1.807, 2.05) is 0 Å². The van der Waals surface area contributed by atoms with E-state index in [0.717, 1.165) is 11.8 Å². The highest BCUT2D eigenvalue weighted by molar-refractivity contribution is 5.75. The zero-order chi connectivity index (χ0) is 36.7. The van der Waals surface area contributed by atoms with Crippen LogP contribution in [-0.4, -0.2) is 19.3 Å². The number of hydrogen-bond acceptors (Lipinski definition) is 1. The van der Waals surface area contributed by atoms with Gasteiger partial charge in [0.25, 0.3) is 0 Å². The molecule has 2 aromatic carbocycles. The van der Waals surface area contributed by atoms with Crippen molar-refractivity contribution in [1.82, 2.24) is 5.32 Å².